The van der Waals surface area contributed by atoms with Gasteiger partial charge in [-0.25, -0.2) is 9.48 Å². The molecule has 4 rings (SSSR count). The van der Waals surface area contributed by atoms with Crippen LogP contribution in [0.5, 0.6) is 5.75 Å². The zero-order chi connectivity index (χ0) is 20.6. The maximum atomic E-state index is 13.6. The Morgan fingerprint density at radius 1 is 1.10 bits per heavy atom. The lowest BCUT2D eigenvalue weighted by molar-refractivity contribution is -0.137. The zero-order valence-corrected chi connectivity index (χ0v) is 15.4. The summed E-state index contributed by atoms with van der Waals surface area (Å²) in [6.45, 7) is 0. The fourth-order valence-electron chi connectivity index (χ4n) is 2.98. The number of rotatable bonds is 5. The second-order valence-electron chi connectivity index (χ2n) is 6.68. The molecule has 0 saturated heterocycles. The van der Waals surface area contributed by atoms with E-state index in [-0.39, 0.29) is 17.5 Å². The largest absolute Gasteiger partial charge is 0.490 e. The lowest BCUT2D eigenvalue weighted by atomic mass is 10.1. The van der Waals surface area contributed by atoms with Crippen LogP contribution in [0.4, 0.5) is 13.2 Å². The SMILES string of the molecule is COC(=O)c1cc(-c2cccc(OC3CC3)c2)n(-c2ccccc2C(F)(F)F)n1. The van der Waals surface area contributed by atoms with Gasteiger partial charge >= 0.3 is 12.1 Å². The number of halogens is 3. The predicted octanol–water partition coefficient (Wildman–Crippen LogP) is 4.89. The van der Waals surface area contributed by atoms with Gasteiger partial charge in [-0.15, -0.1) is 0 Å². The molecular formula is C21H17F3N2O3. The van der Waals surface area contributed by atoms with Crippen LogP contribution in [0, 0.1) is 0 Å². The molecule has 1 aromatic heterocycles. The third kappa shape index (κ3) is 3.96. The Hall–Kier alpha value is -3.29. The fourth-order valence-corrected chi connectivity index (χ4v) is 2.98. The van der Waals surface area contributed by atoms with Crippen LogP contribution in [0.3, 0.4) is 0 Å². The molecule has 0 amide bonds. The van der Waals surface area contributed by atoms with Crippen molar-refractivity contribution in [2.75, 3.05) is 7.11 Å². The molecule has 3 aromatic rings. The Labute approximate surface area is 164 Å². The molecule has 0 spiro atoms. The highest BCUT2D eigenvalue weighted by Gasteiger charge is 2.35. The van der Waals surface area contributed by atoms with Gasteiger partial charge in [0.15, 0.2) is 5.69 Å². The van der Waals surface area contributed by atoms with Gasteiger partial charge in [-0.2, -0.15) is 18.3 Å². The van der Waals surface area contributed by atoms with E-state index >= 15 is 0 Å². The highest BCUT2D eigenvalue weighted by Crippen LogP contribution is 2.36. The first-order valence-corrected chi connectivity index (χ1v) is 8.99. The number of alkyl halides is 3. The number of nitrogens with zero attached hydrogens (tertiary/aromatic N) is 2. The lowest BCUT2D eigenvalue weighted by Gasteiger charge is -2.15. The van der Waals surface area contributed by atoms with Crippen LogP contribution in [0.15, 0.2) is 54.6 Å². The molecule has 1 fully saturated rings. The molecule has 1 aliphatic carbocycles. The summed E-state index contributed by atoms with van der Waals surface area (Å²) in [4.78, 5) is 12.0. The number of carbonyl (C=O) groups excluding carboxylic acids is 1. The summed E-state index contributed by atoms with van der Waals surface area (Å²) in [6, 6.07) is 13.5. The van der Waals surface area contributed by atoms with Crippen molar-refractivity contribution in [1.29, 1.82) is 0 Å². The normalized spacial score (nSPS) is 13.9. The Morgan fingerprint density at radius 3 is 2.55 bits per heavy atom. The van der Waals surface area contributed by atoms with Gasteiger partial charge < -0.3 is 9.47 Å². The summed E-state index contributed by atoms with van der Waals surface area (Å²) >= 11 is 0. The molecular weight excluding hydrogens is 385 g/mol. The third-order valence-corrected chi connectivity index (χ3v) is 4.50. The highest BCUT2D eigenvalue weighted by molar-refractivity contribution is 5.89. The van der Waals surface area contributed by atoms with Gasteiger partial charge in [0.25, 0.3) is 0 Å². The van der Waals surface area contributed by atoms with Gasteiger partial charge in [-0.1, -0.05) is 24.3 Å². The van der Waals surface area contributed by atoms with E-state index in [0.717, 1.165) is 23.6 Å². The average molecular weight is 402 g/mol. The Morgan fingerprint density at radius 2 is 1.86 bits per heavy atom. The molecule has 2 aromatic carbocycles. The molecule has 0 bridgehead atoms. The molecule has 0 N–H and O–H groups in total. The van der Waals surface area contributed by atoms with Gasteiger partial charge in [-0.3, -0.25) is 0 Å². The van der Waals surface area contributed by atoms with Crippen molar-refractivity contribution in [3.8, 4) is 22.7 Å². The van der Waals surface area contributed by atoms with Crippen molar-refractivity contribution in [2.45, 2.75) is 25.1 Å². The highest BCUT2D eigenvalue weighted by atomic mass is 19.4. The smallest absolute Gasteiger partial charge is 0.418 e. The first-order valence-electron chi connectivity index (χ1n) is 8.99. The van der Waals surface area contributed by atoms with Crippen LogP contribution in [-0.2, 0) is 10.9 Å². The quantitative estimate of drug-likeness (QED) is 0.571. The average Bonchev–Trinajstić information content (AvgIpc) is 3.40. The van der Waals surface area contributed by atoms with Gasteiger partial charge in [0.05, 0.1) is 30.2 Å². The van der Waals surface area contributed by atoms with E-state index in [1.165, 1.54) is 31.4 Å². The van der Waals surface area contributed by atoms with Crippen molar-refractivity contribution in [1.82, 2.24) is 9.78 Å². The summed E-state index contributed by atoms with van der Waals surface area (Å²) in [6.07, 6.45) is -2.45. The van der Waals surface area contributed by atoms with E-state index in [1.807, 2.05) is 0 Å². The van der Waals surface area contributed by atoms with Crippen LogP contribution in [0.2, 0.25) is 0 Å². The van der Waals surface area contributed by atoms with Crippen LogP contribution in [0.25, 0.3) is 16.9 Å². The summed E-state index contributed by atoms with van der Waals surface area (Å²) in [5, 5.41) is 4.11. The number of methoxy groups -OCH3 is 1. The van der Waals surface area contributed by atoms with Gasteiger partial charge in [0.2, 0.25) is 0 Å². The van der Waals surface area contributed by atoms with E-state index in [4.69, 9.17) is 9.47 Å². The molecule has 5 nitrogen and oxygen atoms in total. The summed E-state index contributed by atoms with van der Waals surface area (Å²) in [7, 11) is 1.19. The fraction of sp³-hybridized carbons (Fsp3) is 0.238. The molecule has 29 heavy (non-hydrogen) atoms. The van der Waals surface area contributed by atoms with Crippen LogP contribution in [0.1, 0.15) is 28.9 Å². The minimum absolute atomic E-state index is 0.0898. The second-order valence-corrected chi connectivity index (χ2v) is 6.68. The van der Waals surface area contributed by atoms with Crippen molar-refractivity contribution in [3.05, 3.63) is 65.9 Å². The summed E-state index contributed by atoms with van der Waals surface area (Å²) in [5.41, 5.74) is -0.232. The molecule has 0 atom stereocenters. The third-order valence-electron chi connectivity index (χ3n) is 4.50. The number of hydrogen-bond donors (Lipinski definition) is 0. The van der Waals surface area contributed by atoms with Crippen LogP contribution < -0.4 is 4.74 Å². The minimum Gasteiger partial charge on any atom is -0.490 e. The second kappa shape index (κ2) is 7.27. The molecule has 8 heteroatoms. The molecule has 1 saturated carbocycles. The number of aromatic nitrogens is 2. The van der Waals surface area contributed by atoms with Gasteiger partial charge in [0.1, 0.15) is 5.75 Å². The first-order chi connectivity index (χ1) is 13.9. The topological polar surface area (TPSA) is 53.4 Å². The first kappa shape index (κ1) is 19.0. The molecule has 150 valence electrons. The number of ether oxygens (including phenoxy) is 2. The number of hydrogen-bond acceptors (Lipinski definition) is 4. The number of para-hydroxylation sites is 1. The van der Waals surface area contributed by atoms with E-state index in [2.05, 4.69) is 5.10 Å². The molecule has 1 aliphatic rings. The Bertz CT molecular complexity index is 1060. The van der Waals surface area contributed by atoms with Gasteiger partial charge in [-0.05, 0) is 43.2 Å². The van der Waals surface area contributed by atoms with Gasteiger partial charge in [0, 0.05) is 5.56 Å². The van der Waals surface area contributed by atoms with E-state index in [1.54, 1.807) is 24.3 Å². The van der Waals surface area contributed by atoms with Crippen molar-refractivity contribution < 1.29 is 27.4 Å². The molecule has 0 aliphatic heterocycles. The van der Waals surface area contributed by atoms with Crippen LogP contribution >= 0.6 is 0 Å². The van der Waals surface area contributed by atoms with E-state index < -0.39 is 17.7 Å². The van der Waals surface area contributed by atoms with Crippen LogP contribution in [-0.4, -0.2) is 29.0 Å². The molecule has 0 radical (unpaired) electrons. The Balaban J connectivity index is 1.87. The Kier molecular flexibility index (Phi) is 4.77. The summed E-state index contributed by atoms with van der Waals surface area (Å²) < 4.78 is 52.3. The molecule has 1 heterocycles. The van der Waals surface area contributed by atoms with E-state index in [9.17, 15) is 18.0 Å². The minimum atomic E-state index is -4.58. The number of benzene rings is 2. The zero-order valence-electron chi connectivity index (χ0n) is 15.4. The maximum Gasteiger partial charge on any atom is 0.418 e. The molecule has 0 unspecified atom stereocenters. The summed E-state index contributed by atoms with van der Waals surface area (Å²) in [5.74, 6) is -0.124. The lowest BCUT2D eigenvalue weighted by Crippen LogP contribution is -2.12. The number of esters is 1. The monoisotopic (exact) mass is 402 g/mol. The van der Waals surface area contributed by atoms with Crippen molar-refractivity contribution in [3.63, 3.8) is 0 Å². The van der Waals surface area contributed by atoms with E-state index in [0.29, 0.717) is 17.0 Å². The van der Waals surface area contributed by atoms with Crippen molar-refractivity contribution >= 4 is 5.97 Å². The standard InChI is InChI=1S/C21H17F3N2O3/c1-28-20(27)17-12-19(13-5-4-6-15(11-13)29-14-9-10-14)26(25-17)18-8-3-2-7-16(18)21(22,23)24/h2-8,11-12,14H,9-10H2,1H3. The predicted molar refractivity (Wildman–Crippen MR) is 99.0 cm³/mol. The number of carbonyl (C=O) groups is 1. The maximum absolute atomic E-state index is 13.6. The van der Waals surface area contributed by atoms with Crippen molar-refractivity contribution in [2.24, 2.45) is 0 Å².